The third kappa shape index (κ3) is 0.698. The minimum Gasteiger partial charge on any atom is -0.379 e. The van der Waals surface area contributed by atoms with Crippen molar-refractivity contribution in [3.8, 4) is 0 Å². The lowest BCUT2D eigenvalue weighted by molar-refractivity contribution is 0.132. The van der Waals surface area contributed by atoms with Crippen LogP contribution in [0.3, 0.4) is 0 Å². The minimum absolute atomic E-state index is 0.00926. The van der Waals surface area contributed by atoms with Crippen molar-refractivity contribution < 1.29 is 5.11 Å². The zero-order valence-electron chi connectivity index (χ0n) is 5.33. The maximum absolute atomic E-state index is 9.21. The van der Waals surface area contributed by atoms with Crippen molar-refractivity contribution >= 4 is 0 Å². The summed E-state index contributed by atoms with van der Waals surface area (Å²) in [7, 11) is 0. The summed E-state index contributed by atoms with van der Waals surface area (Å²) in [5.74, 6) is 0. The van der Waals surface area contributed by atoms with Crippen molar-refractivity contribution in [1.29, 1.82) is 0 Å². The van der Waals surface area contributed by atoms with Crippen molar-refractivity contribution in [2.75, 3.05) is 0 Å². The number of allylic oxidation sites excluding steroid dienone is 2. The van der Waals surface area contributed by atoms with E-state index in [4.69, 9.17) is 0 Å². The molecular weight excluding hydrogens is 130 g/mol. The topological polar surface area (TPSA) is 56.3 Å². The fraction of sp³-hybridized carbons (Fsp3) is 0.333. The Balaban J connectivity index is 2.23. The quantitative estimate of drug-likeness (QED) is 0.340. The van der Waals surface area contributed by atoms with Crippen LogP contribution in [-0.4, -0.2) is 17.4 Å². The zero-order valence-corrected chi connectivity index (χ0v) is 5.33. The van der Waals surface area contributed by atoms with Crippen LogP contribution in [0.2, 0.25) is 0 Å². The van der Waals surface area contributed by atoms with E-state index in [9.17, 15) is 5.11 Å². The smallest absolute Gasteiger partial charge is 0.147 e. The van der Waals surface area contributed by atoms with Crippen LogP contribution < -0.4 is 16.2 Å². The summed E-state index contributed by atoms with van der Waals surface area (Å²) < 4.78 is 0. The Morgan fingerprint density at radius 2 is 2.40 bits per heavy atom. The van der Waals surface area contributed by atoms with Crippen molar-refractivity contribution in [3.05, 3.63) is 24.0 Å². The highest BCUT2D eigenvalue weighted by Gasteiger charge is 2.28. The molecule has 0 aromatic rings. The van der Waals surface area contributed by atoms with E-state index in [2.05, 4.69) is 16.2 Å². The molecule has 4 heteroatoms. The SMILES string of the molecule is OC1NNC2=CC=CNC21. The van der Waals surface area contributed by atoms with Gasteiger partial charge in [-0.05, 0) is 18.4 Å². The molecule has 0 spiro atoms. The van der Waals surface area contributed by atoms with Crippen molar-refractivity contribution in [2.45, 2.75) is 12.3 Å². The Hall–Kier alpha value is -1.00. The molecule has 4 N–H and O–H groups in total. The van der Waals surface area contributed by atoms with Gasteiger partial charge in [0.15, 0.2) is 0 Å². The fourth-order valence-corrected chi connectivity index (χ4v) is 1.13. The van der Waals surface area contributed by atoms with Gasteiger partial charge in [-0.1, -0.05) is 0 Å². The molecule has 0 saturated carbocycles. The van der Waals surface area contributed by atoms with Crippen molar-refractivity contribution in [1.82, 2.24) is 16.2 Å². The predicted octanol–water partition coefficient (Wildman–Crippen LogP) is -1.22. The molecule has 0 amide bonds. The van der Waals surface area contributed by atoms with E-state index in [0.29, 0.717) is 0 Å². The molecule has 2 unspecified atom stereocenters. The highest BCUT2D eigenvalue weighted by Crippen LogP contribution is 2.10. The molecule has 0 aromatic carbocycles. The lowest BCUT2D eigenvalue weighted by Crippen LogP contribution is -2.39. The third-order valence-electron chi connectivity index (χ3n) is 1.66. The molecule has 54 valence electrons. The van der Waals surface area contributed by atoms with E-state index in [1.165, 1.54) is 0 Å². The second kappa shape index (κ2) is 2.00. The summed E-state index contributed by atoms with van der Waals surface area (Å²) in [5, 5.41) is 12.2. The van der Waals surface area contributed by atoms with Crippen LogP contribution in [0.25, 0.3) is 0 Å². The number of hydrogen-bond donors (Lipinski definition) is 4. The highest BCUT2D eigenvalue weighted by atomic mass is 16.3. The van der Waals surface area contributed by atoms with Crippen LogP contribution in [0, 0.1) is 0 Å². The third-order valence-corrected chi connectivity index (χ3v) is 1.66. The average Bonchev–Trinajstić information content (AvgIpc) is 2.34. The van der Waals surface area contributed by atoms with Gasteiger partial charge in [0.05, 0.1) is 5.70 Å². The van der Waals surface area contributed by atoms with E-state index in [1.54, 1.807) is 0 Å². The Morgan fingerprint density at radius 3 is 3.20 bits per heavy atom. The maximum Gasteiger partial charge on any atom is 0.147 e. The highest BCUT2D eigenvalue weighted by molar-refractivity contribution is 5.24. The number of hydrogen-bond acceptors (Lipinski definition) is 4. The van der Waals surface area contributed by atoms with Gasteiger partial charge in [0, 0.05) is 0 Å². The van der Waals surface area contributed by atoms with Gasteiger partial charge in [0.25, 0.3) is 0 Å². The molecule has 0 bridgehead atoms. The lowest BCUT2D eigenvalue weighted by atomic mass is 10.1. The molecular formula is C6H9N3O. The first kappa shape index (κ1) is 5.76. The van der Waals surface area contributed by atoms with Crippen molar-refractivity contribution in [2.24, 2.45) is 0 Å². The van der Waals surface area contributed by atoms with Gasteiger partial charge in [-0.2, -0.15) is 0 Å². The molecule has 4 nitrogen and oxygen atoms in total. The molecule has 1 saturated heterocycles. The maximum atomic E-state index is 9.21. The van der Waals surface area contributed by atoms with E-state index in [0.717, 1.165) is 5.70 Å². The number of rotatable bonds is 0. The van der Waals surface area contributed by atoms with Crippen LogP contribution in [0.4, 0.5) is 0 Å². The molecule has 2 aliphatic rings. The van der Waals surface area contributed by atoms with Crippen LogP contribution in [0.1, 0.15) is 0 Å². The van der Waals surface area contributed by atoms with E-state index >= 15 is 0 Å². The van der Waals surface area contributed by atoms with Gasteiger partial charge in [-0.15, -0.1) is 0 Å². The molecule has 2 heterocycles. The number of aliphatic hydroxyl groups excluding tert-OH is 1. The van der Waals surface area contributed by atoms with Gasteiger partial charge in [-0.25, -0.2) is 5.43 Å². The van der Waals surface area contributed by atoms with E-state index < -0.39 is 6.23 Å². The number of hydrazine groups is 1. The first-order valence-electron chi connectivity index (χ1n) is 3.20. The second-order valence-corrected chi connectivity index (χ2v) is 2.34. The molecule has 1 fully saturated rings. The number of dihydropyridines is 1. The molecule has 0 aliphatic carbocycles. The van der Waals surface area contributed by atoms with Crippen molar-refractivity contribution in [3.63, 3.8) is 0 Å². The van der Waals surface area contributed by atoms with Gasteiger partial charge in [0.1, 0.15) is 12.3 Å². The molecule has 0 aromatic heterocycles. The number of fused-ring (bicyclic) bond motifs is 1. The van der Waals surface area contributed by atoms with Gasteiger partial charge in [0.2, 0.25) is 0 Å². The first-order chi connectivity index (χ1) is 4.88. The minimum atomic E-state index is -0.531. The molecule has 10 heavy (non-hydrogen) atoms. The summed E-state index contributed by atoms with van der Waals surface area (Å²) in [5.41, 5.74) is 6.53. The second-order valence-electron chi connectivity index (χ2n) is 2.34. The summed E-state index contributed by atoms with van der Waals surface area (Å²) in [6.07, 6.45) is 5.09. The van der Waals surface area contributed by atoms with Gasteiger partial charge >= 0.3 is 0 Å². The Morgan fingerprint density at radius 1 is 1.50 bits per heavy atom. The van der Waals surface area contributed by atoms with Crippen LogP contribution >= 0.6 is 0 Å². The predicted molar refractivity (Wildman–Crippen MR) is 36.4 cm³/mol. The van der Waals surface area contributed by atoms with Crippen LogP contribution in [0.5, 0.6) is 0 Å². The van der Waals surface area contributed by atoms with Crippen LogP contribution in [-0.2, 0) is 0 Å². The van der Waals surface area contributed by atoms with Crippen LogP contribution in [0.15, 0.2) is 24.0 Å². The molecule has 2 aliphatic heterocycles. The fourth-order valence-electron chi connectivity index (χ4n) is 1.13. The van der Waals surface area contributed by atoms with E-state index in [1.807, 2.05) is 18.4 Å². The summed E-state index contributed by atoms with van der Waals surface area (Å²) >= 11 is 0. The van der Waals surface area contributed by atoms with E-state index in [-0.39, 0.29) is 6.04 Å². The normalized spacial score (nSPS) is 35.9. The van der Waals surface area contributed by atoms with Gasteiger partial charge in [-0.3, -0.25) is 0 Å². The number of nitrogens with one attached hydrogen (secondary N) is 3. The largest absolute Gasteiger partial charge is 0.379 e. The standard InChI is InChI=1S/C6H9N3O/c10-6-5-4(8-9-6)2-1-3-7-5/h1-3,5-10H. The monoisotopic (exact) mass is 139 g/mol. The average molecular weight is 139 g/mol. The number of aliphatic hydroxyl groups is 1. The Labute approximate surface area is 58.6 Å². The Bertz CT molecular complexity index is 199. The summed E-state index contributed by atoms with van der Waals surface area (Å²) in [6, 6.07) is -0.00926. The molecule has 2 rings (SSSR count). The van der Waals surface area contributed by atoms with Gasteiger partial charge < -0.3 is 15.8 Å². The molecule has 0 radical (unpaired) electrons. The first-order valence-corrected chi connectivity index (χ1v) is 3.20. The summed E-state index contributed by atoms with van der Waals surface area (Å²) in [4.78, 5) is 0. The Kier molecular flexibility index (Phi) is 1.15. The molecule has 2 atom stereocenters. The zero-order chi connectivity index (χ0) is 6.97. The summed E-state index contributed by atoms with van der Waals surface area (Å²) in [6.45, 7) is 0. The lowest BCUT2D eigenvalue weighted by Gasteiger charge is -2.15.